The van der Waals surface area contributed by atoms with Gasteiger partial charge < -0.3 is 9.30 Å². The maximum absolute atomic E-state index is 14.2. The molecule has 1 aliphatic carbocycles. The maximum Gasteiger partial charge on any atom is 0.439 e. The number of aromatic amines is 1. The number of H-pyrrole nitrogens is 1. The molecular weight excluding hydrogens is 521 g/mol. The van der Waals surface area contributed by atoms with E-state index in [-0.39, 0.29) is 6.61 Å². The molecule has 7 rings (SSSR count). The number of hydrogen-bond donors (Lipinski definition) is 1. The number of allylic oxidation sites excluding steroid dienone is 1. The van der Waals surface area contributed by atoms with E-state index in [9.17, 15) is 9.18 Å². The molecule has 8 nitrogen and oxygen atoms in total. The lowest BCUT2D eigenvalue weighted by Crippen LogP contribution is -2.16. The predicted octanol–water partition coefficient (Wildman–Crippen LogP) is 6.09. The molecule has 2 aliphatic rings. The minimum atomic E-state index is -0.644. The maximum atomic E-state index is 14.2. The van der Waals surface area contributed by atoms with Crippen LogP contribution in [0.4, 0.5) is 4.39 Å². The Morgan fingerprint density at radius 3 is 2.79 bits per heavy atom. The second kappa shape index (κ2) is 9.20. The molecule has 5 aromatic rings. The van der Waals surface area contributed by atoms with Crippen LogP contribution in [0.1, 0.15) is 66.0 Å². The smallest absolute Gasteiger partial charge is 0.439 e. The van der Waals surface area contributed by atoms with Crippen LogP contribution in [0.25, 0.3) is 22.2 Å². The topological polar surface area (TPSA) is 98.8 Å². The van der Waals surface area contributed by atoms with Gasteiger partial charge in [0.25, 0.3) is 0 Å². The van der Waals surface area contributed by atoms with Gasteiger partial charge in [-0.2, -0.15) is 0 Å². The van der Waals surface area contributed by atoms with Gasteiger partial charge in [-0.25, -0.2) is 19.2 Å². The minimum Gasteiger partial charge on any atom is -0.488 e. The Bertz CT molecular complexity index is 1850. The summed E-state index contributed by atoms with van der Waals surface area (Å²) in [4.78, 5) is 23.4. The van der Waals surface area contributed by atoms with E-state index in [0.717, 1.165) is 52.0 Å². The lowest BCUT2D eigenvalue weighted by molar-refractivity contribution is 0.305. The van der Waals surface area contributed by atoms with Gasteiger partial charge in [0, 0.05) is 35.9 Å². The summed E-state index contributed by atoms with van der Waals surface area (Å²) in [5.41, 5.74) is 6.76. The summed E-state index contributed by atoms with van der Waals surface area (Å²) in [6.07, 6.45) is 5.13. The van der Waals surface area contributed by atoms with E-state index in [1.54, 1.807) is 12.3 Å². The van der Waals surface area contributed by atoms with Crippen LogP contribution in [0.15, 0.2) is 58.0 Å². The van der Waals surface area contributed by atoms with Crippen molar-refractivity contribution < 1.29 is 13.7 Å². The Kier molecular flexibility index (Phi) is 5.62. The first-order valence-electron chi connectivity index (χ1n) is 12.8. The van der Waals surface area contributed by atoms with Gasteiger partial charge in [0.15, 0.2) is 11.0 Å². The summed E-state index contributed by atoms with van der Waals surface area (Å²) in [7, 11) is 0. The molecule has 4 heterocycles. The minimum absolute atomic E-state index is 0.252. The number of imidazole rings is 1. The van der Waals surface area contributed by atoms with Gasteiger partial charge in [-0.3, -0.25) is 9.51 Å². The summed E-state index contributed by atoms with van der Waals surface area (Å²) in [5, 5.41) is 4.29. The standard InChI is InChI=1S/C29H23ClFN5O3/c1-15(27-34-29(37)39-35-27)24-20-7-5-16(11-18(20)14-38-23-12-19(31)6-8-21(23)24)13-36-22-9-10-32-26(30)25(22)33-28(36)17-3-2-4-17/h5-12,17H,2-4,13-14H2,1H3,(H,34,35,37). The highest BCUT2D eigenvalue weighted by molar-refractivity contribution is 6.33. The molecule has 2 aromatic carbocycles. The van der Waals surface area contributed by atoms with Crippen LogP contribution in [-0.4, -0.2) is 24.7 Å². The fourth-order valence-corrected chi connectivity index (χ4v) is 5.71. The van der Waals surface area contributed by atoms with Crippen molar-refractivity contribution in [3.05, 3.63) is 104 Å². The third kappa shape index (κ3) is 4.04. The molecule has 0 radical (unpaired) electrons. The molecule has 0 bridgehead atoms. The van der Waals surface area contributed by atoms with Crippen LogP contribution in [0.3, 0.4) is 0 Å². The van der Waals surface area contributed by atoms with Gasteiger partial charge >= 0.3 is 5.76 Å². The normalized spacial score (nSPS) is 16.3. The summed E-state index contributed by atoms with van der Waals surface area (Å²) in [5.74, 6) is 1.13. The molecule has 39 heavy (non-hydrogen) atoms. The highest BCUT2D eigenvalue weighted by Gasteiger charge is 2.28. The van der Waals surface area contributed by atoms with Gasteiger partial charge in [-0.05, 0) is 66.3 Å². The van der Waals surface area contributed by atoms with E-state index in [1.165, 1.54) is 18.6 Å². The second-order valence-electron chi connectivity index (χ2n) is 10.0. The van der Waals surface area contributed by atoms with E-state index >= 15 is 0 Å². The van der Waals surface area contributed by atoms with Gasteiger partial charge in [0.05, 0.1) is 5.52 Å². The van der Waals surface area contributed by atoms with Crippen molar-refractivity contribution in [2.75, 3.05) is 0 Å². The number of ether oxygens (including phenoxy) is 1. The first kappa shape index (κ1) is 23.8. The van der Waals surface area contributed by atoms with Crippen LogP contribution < -0.4 is 10.5 Å². The summed E-state index contributed by atoms with van der Waals surface area (Å²) < 4.78 is 27.3. The lowest BCUT2D eigenvalue weighted by Gasteiger charge is -2.26. The zero-order chi connectivity index (χ0) is 26.7. The molecule has 1 saturated carbocycles. The van der Waals surface area contributed by atoms with Gasteiger partial charge in [0.2, 0.25) is 0 Å². The number of hydrogen-bond acceptors (Lipinski definition) is 6. The molecule has 0 saturated heterocycles. The molecule has 1 fully saturated rings. The largest absolute Gasteiger partial charge is 0.488 e. The van der Waals surface area contributed by atoms with Crippen molar-refractivity contribution in [3.8, 4) is 5.75 Å². The van der Waals surface area contributed by atoms with Crippen LogP contribution in [0.2, 0.25) is 5.15 Å². The van der Waals surface area contributed by atoms with Crippen LogP contribution >= 0.6 is 11.6 Å². The average Bonchev–Trinajstić information content (AvgIpc) is 3.44. The Balaban J connectivity index is 1.36. The molecule has 1 N–H and O–H groups in total. The van der Waals surface area contributed by atoms with Gasteiger partial charge in [-0.1, -0.05) is 35.3 Å². The van der Waals surface area contributed by atoms with Gasteiger partial charge in [-0.15, -0.1) is 0 Å². The van der Waals surface area contributed by atoms with Crippen LogP contribution in [-0.2, 0) is 13.2 Å². The number of nitrogens with zero attached hydrogens (tertiary/aromatic N) is 4. The van der Waals surface area contributed by atoms with Crippen molar-refractivity contribution in [1.82, 2.24) is 24.7 Å². The third-order valence-electron chi connectivity index (χ3n) is 7.67. The number of rotatable bonds is 4. The Morgan fingerprint density at radius 1 is 1.18 bits per heavy atom. The molecule has 10 heteroatoms. The summed E-state index contributed by atoms with van der Waals surface area (Å²) in [6, 6.07) is 12.6. The number of halogens is 2. The quantitative estimate of drug-likeness (QED) is 0.275. The molecular formula is C29H23ClFN5O3. The molecule has 0 amide bonds. The number of benzene rings is 2. The fraction of sp³-hybridized carbons (Fsp3) is 0.241. The van der Waals surface area contributed by atoms with Crippen LogP contribution in [0.5, 0.6) is 5.75 Å². The number of nitrogens with one attached hydrogen (secondary N) is 1. The highest BCUT2D eigenvalue weighted by Crippen LogP contribution is 2.42. The monoisotopic (exact) mass is 543 g/mol. The number of fused-ring (bicyclic) bond motifs is 3. The molecule has 196 valence electrons. The first-order chi connectivity index (χ1) is 19.0. The zero-order valence-electron chi connectivity index (χ0n) is 21.0. The van der Waals surface area contributed by atoms with Crippen molar-refractivity contribution >= 4 is 33.8 Å². The van der Waals surface area contributed by atoms with Crippen molar-refractivity contribution in [3.63, 3.8) is 0 Å². The Morgan fingerprint density at radius 2 is 2.03 bits per heavy atom. The molecule has 0 atom stereocenters. The average molecular weight is 544 g/mol. The number of pyridine rings is 1. The predicted molar refractivity (Wildman–Crippen MR) is 144 cm³/mol. The second-order valence-corrected chi connectivity index (χ2v) is 10.4. The molecule has 1 aliphatic heterocycles. The van der Waals surface area contributed by atoms with E-state index in [0.29, 0.717) is 40.3 Å². The van der Waals surface area contributed by atoms with E-state index < -0.39 is 11.6 Å². The van der Waals surface area contributed by atoms with E-state index in [1.807, 2.05) is 19.1 Å². The van der Waals surface area contributed by atoms with Crippen molar-refractivity contribution in [2.24, 2.45) is 0 Å². The third-order valence-corrected chi connectivity index (χ3v) is 7.95. The van der Waals surface area contributed by atoms with E-state index in [2.05, 4.69) is 31.8 Å². The van der Waals surface area contributed by atoms with Gasteiger partial charge in [0.1, 0.15) is 29.5 Å². The van der Waals surface area contributed by atoms with Crippen LogP contribution in [0, 0.1) is 5.82 Å². The highest BCUT2D eigenvalue weighted by atomic mass is 35.5. The first-order valence-corrected chi connectivity index (χ1v) is 13.2. The number of aromatic nitrogens is 5. The lowest BCUT2D eigenvalue weighted by atomic mass is 9.84. The molecule has 0 spiro atoms. The summed E-state index contributed by atoms with van der Waals surface area (Å²) in [6.45, 7) is 2.70. The Hall–Kier alpha value is -4.24. The SMILES string of the molecule is CC(=C1c2ccc(Cn3c(C4CCC4)nc4c(Cl)nccc43)cc2COc2cc(F)ccc21)c1noc(=O)[nH]1. The van der Waals surface area contributed by atoms with Crippen molar-refractivity contribution in [1.29, 1.82) is 0 Å². The summed E-state index contributed by atoms with van der Waals surface area (Å²) >= 11 is 6.41. The Labute approximate surface area is 227 Å². The zero-order valence-corrected chi connectivity index (χ0v) is 21.8. The van der Waals surface area contributed by atoms with Crippen molar-refractivity contribution in [2.45, 2.75) is 45.3 Å². The molecule has 3 aromatic heterocycles. The van der Waals surface area contributed by atoms with E-state index in [4.69, 9.17) is 25.8 Å². The fourth-order valence-electron chi connectivity index (χ4n) is 5.51. The molecule has 0 unspecified atom stereocenters.